The average Bonchev–Trinajstić information content (AvgIpc) is 2.29. The quantitative estimate of drug-likeness (QED) is 0.911. The minimum Gasteiger partial charge on any atom is -0.389 e. The van der Waals surface area contributed by atoms with Crippen LogP contribution >= 0.6 is 15.9 Å². The van der Waals surface area contributed by atoms with Gasteiger partial charge in [0.2, 0.25) is 5.95 Å². The monoisotopic (exact) mass is 328 g/mol. The summed E-state index contributed by atoms with van der Waals surface area (Å²) in [6.45, 7) is 9.30. The minimum atomic E-state index is -0.643. The van der Waals surface area contributed by atoms with Crippen LogP contribution in [-0.2, 0) is 0 Å². The highest BCUT2D eigenvalue weighted by atomic mass is 79.9. The van der Waals surface area contributed by atoms with E-state index >= 15 is 0 Å². The number of piperazine rings is 1. The Morgan fingerprint density at radius 3 is 2.53 bits per heavy atom. The highest BCUT2D eigenvalue weighted by molar-refractivity contribution is 9.10. The summed E-state index contributed by atoms with van der Waals surface area (Å²) in [5, 5.41) is 9.88. The van der Waals surface area contributed by atoms with E-state index in [1.54, 1.807) is 12.4 Å². The fourth-order valence-electron chi connectivity index (χ4n) is 2.47. The summed E-state index contributed by atoms with van der Waals surface area (Å²) in [7, 11) is 0. The first-order chi connectivity index (χ1) is 8.85. The summed E-state index contributed by atoms with van der Waals surface area (Å²) < 4.78 is 0.893. The molecule has 0 aromatic carbocycles. The highest BCUT2D eigenvalue weighted by Crippen LogP contribution is 2.18. The Morgan fingerprint density at radius 2 is 2.00 bits per heavy atom. The molecule has 106 valence electrons. The van der Waals surface area contributed by atoms with Crippen LogP contribution in [0.2, 0.25) is 0 Å². The van der Waals surface area contributed by atoms with Crippen LogP contribution in [-0.4, -0.2) is 57.8 Å². The second-order valence-corrected chi connectivity index (χ2v) is 6.71. The molecule has 0 bridgehead atoms. The third-order valence-corrected chi connectivity index (χ3v) is 3.60. The van der Waals surface area contributed by atoms with Gasteiger partial charge in [-0.2, -0.15) is 0 Å². The molecule has 0 radical (unpaired) electrons. The predicted molar refractivity (Wildman–Crippen MR) is 79.3 cm³/mol. The molecule has 1 aromatic heterocycles. The van der Waals surface area contributed by atoms with E-state index in [0.29, 0.717) is 12.6 Å². The Bertz CT molecular complexity index is 418. The van der Waals surface area contributed by atoms with E-state index in [0.717, 1.165) is 30.1 Å². The Morgan fingerprint density at radius 1 is 1.37 bits per heavy atom. The van der Waals surface area contributed by atoms with Crippen molar-refractivity contribution in [3.05, 3.63) is 16.9 Å². The van der Waals surface area contributed by atoms with Crippen molar-refractivity contribution < 1.29 is 5.11 Å². The van der Waals surface area contributed by atoms with Gasteiger partial charge in [-0.25, -0.2) is 9.97 Å². The normalized spacial score (nSPS) is 21.7. The molecule has 0 spiro atoms. The van der Waals surface area contributed by atoms with Gasteiger partial charge in [-0.3, -0.25) is 4.90 Å². The number of β-amino-alcohol motifs (C(OH)–C–C–N with tert-alkyl or cyclic N) is 1. The van der Waals surface area contributed by atoms with Crippen LogP contribution in [0.25, 0.3) is 0 Å². The van der Waals surface area contributed by atoms with Gasteiger partial charge in [-0.05, 0) is 36.7 Å². The van der Waals surface area contributed by atoms with Crippen molar-refractivity contribution in [1.82, 2.24) is 14.9 Å². The van der Waals surface area contributed by atoms with Gasteiger partial charge in [0.1, 0.15) is 0 Å². The summed E-state index contributed by atoms with van der Waals surface area (Å²) in [4.78, 5) is 13.2. The molecular formula is C13H21BrN4O. The van der Waals surface area contributed by atoms with Crippen LogP contribution in [0.4, 0.5) is 5.95 Å². The molecule has 19 heavy (non-hydrogen) atoms. The number of anilines is 1. The molecule has 1 aromatic rings. The van der Waals surface area contributed by atoms with Crippen molar-refractivity contribution >= 4 is 21.9 Å². The first-order valence-corrected chi connectivity index (χ1v) is 7.33. The van der Waals surface area contributed by atoms with Crippen molar-refractivity contribution in [2.24, 2.45) is 0 Å². The number of rotatable bonds is 3. The van der Waals surface area contributed by atoms with Gasteiger partial charge in [-0.1, -0.05) is 0 Å². The fourth-order valence-corrected chi connectivity index (χ4v) is 2.68. The average molecular weight is 329 g/mol. The molecular weight excluding hydrogens is 308 g/mol. The topological polar surface area (TPSA) is 52.5 Å². The minimum absolute atomic E-state index is 0.345. The lowest BCUT2D eigenvalue weighted by atomic mass is 10.1. The molecule has 1 atom stereocenters. The zero-order chi connectivity index (χ0) is 14.0. The van der Waals surface area contributed by atoms with Crippen molar-refractivity contribution in [2.45, 2.75) is 32.4 Å². The Labute approximate surface area is 122 Å². The lowest BCUT2D eigenvalue weighted by Crippen LogP contribution is -2.55. The molecule has 5 nitrogen and oxygen atoms in total. The Hall–Kier alpha value is -0.720. The number of halogens is 1. The summed E-state index contributed by atoms with van der Waals surface area (Å²) in [5.41, 5.74) is -0.643. The standard InChI is InChI=1S/C13H21BrN4O/c1-10-8-17(9-13(2,3)19)4-5-18(10)12-15-6-11(14)7-16-12/h6-7,10,19H,4-5,8-9H2,1-3H3. The summed E-state index contributed by atoms with van der Waals surface area (Å²) in [6.07, 6.45) is 3.55. The molecule has 1 fully saturated rings. The van der Waals surface area contributed by atoms with Crippen LogP contribution < -0.4 is 4.90 Å². The second kappa shape index (κ2) is 5.73. The summed E-state index contributed by atoms with van der Waals surface area (Å²) in [5.74, 6) is 0.776. The third kappa shape index (κ3) is 4.12. The van der Waals surface area contributed by atoms with E-state index < -0.39 is 5.60 Å². The smallest absolute Gasteiger partial charge is 0.225 e. The summed E-state index contributed by atoms with van der Waals surface area (Å²) in [6, 6.07) is 0.345. The van der Waals surface area contributed by atoms with E-state index in [1.165, 1.54) is 0 Å². The van der Waals surface area contributed by atoms with Gasteiger partial charge in [-0.15, -0.1) is 0 Å². The molecule has 6 heteroatoms. The first-order valence-electron chi connectivity index (χ1n) is 6.54. The van der Waals surface area contributed by atoms with Gasteiger partial charge in [0, 0.05) is 44.6 Å². The van der Waals surface area contributed by atoms with Crippen molar-refractivity contribution in [1.29, 1.82) is 0 Å². The molecule has 1 N–H and O–H groups in total. The maximum atomic E-state index is 9.88. The first kappa shape index (κ1) is 14.7. The van der Waals surface area contributed by atoms with Crippen LogP contribution in [0, 0.1) is 0 Å². The second-order valence-electron chi connectivity index (χ2n) is 5.79. The van der Waals surface area contributed by atoms with E-state index in [-0.39, 0.29) is 0 Å². The van der Waals surface area contributed by atoms with Crippen LogP contribution in [0.3, 0.4) is 0 Å². The lowest BCUT2D eigenvalue weighted by molar-refractivity contribution is 0.0307. The molecule has 0 aliphatic carbocycles. The van der Waals surface area contributed by atoms with Crippen LogP contribution in [0.1, 0.15) is 20.8 Å². The number of hydrogen-bond acceptors (Lipinski definition) is 5. The number of nitrogens with zero attached hydrogens (tertiary/aromatic N) is 4. The molecule has 1 aliphatic heterocycles. The molecule has 0 saturated carbocycles. The number of hydrogen-bond donors (Lipinski definition) is 1. The van der Waals surface area contributed by atoms with Crippen LogP contribution in [0.15, 0.2) is 16.9 Å². The maximum absolute atomic E-state index is 9.88. The van der Waals surface area contributed by atoms with Gasteiger partial charge >= 0.3 is 0 Å². The van der Waals surface area contributed by atoms with Crippen molar-refractivity contribution in [3.63, 3.8) is 0 Å². The van der Waals surface area contributed by atoms with E-state index in [2.05, 4.69) is 42.6 Å². The molecule has 2 heterocycles. The molecule has 0 amide bonds. The number of aromatic nitrogens is 2. The van der Waals surface area contributed by atoms with Gasteiger partial charge in [0.25, 0.3) is 0 Å². The highest BCUT2D eigenvalue weighted by Gasteiger charge is 2.28. The van der Waals surface area contributed by atoms with Crippen molar-refractivity contribution in [3.8, 4) is 0 Å². The molecule has 2 rings (SSSR count). The Kier molecular flexibility index (Phi) is 4.43. The fraction of sp³-hybridized carbons (Fsp3) is 0.692. The predicted octanol–water partition coefficient (Wildman–Crippen LogP) is 1.52. The van der Waals surface area contributed by atoms with Crippen LogP contribution in [0.5, 0.6) is 0 Å². The van der Waals surface area contributed by atoms with E-state index in [9.17, 15) is 5.11 Å². The van der Waals surface area contributed by atoms with Gasteiger partial charge in [0.05, 0.1) is 10.1 Å². The van der Waals surface area contributed by atoms with E-state index in [1.807, 2.05) is 13.8 Å². The van der Waals surface area contributed by atoms with Gasteiger partial charge < -0.3 is 10.0 Å². The zero-order valence-corrected chi connectivity index (χ0v) is 13.3. The maximum Gasteiger partial charge on any atom is 0.225 e. The third-order valence-electron chi connectivity index (χ3n) is 3.19. The SMILES string of the molecule is CC1CN(CC(C)(C)O)CCN1c1ncc(Br)cn1. The zero-order valence-electron chi connectivity index (χ0n) is 11.7. The lowest BCUT2D eigenvalue weighted by Gasteiger charge is -2.41. The molecule has 1 aliphatic rings. The Balaban J connectivity index is 1.99. The summed E-state index contributed by atoms with van der Waals surface area (Å²) >= 11 is 3.35. The van der Waals surface area contributed by atoms with Gasteiger partial charge in [0.15, 0.2) is 0 Å². The molecule has 1 unspecified atom stereocenters. The van der Waals surface area contributed by atoms with E-state index in [4.69, 9.17) is 0 Å². The molecule has 1 saturated heterocycles. The number of aliphatic hydroxyl groups is 1. The largest absolute Gasteiger partial charge is 0.389 e. The van der Waals surface area contributed by atoms with Crippen molar-refractivity contribution in [2.75, 3.05) is 31.1 Å².